The highest BCUT2D eigenvalue weighted by molar-refractivity contribution is 9.10. The van der Waals surface area contributed by atoms with Crippen LogP contribution in [0.15, 0.2) is 33.2 Å². The quantitative estimate of drug-likeness (QED) is 0.506. The summed E-state index contributed by atoms with van der Waals surface area (Å²) in [6.45, 7) is 3.69. The van der Waals surface area contributed by atoms with E-state index in [2.05, 4.69) is 31.9 Å². The number of hydrogen-bond donors (Lipinski definition) is 2. The van der Waals surface area contributed by atoms with Gasteiger partial charge in [0, 0.05) is 14.0 Å². The van der Waals surface area contributed by atoms with Gasteiger partial charge in [0.15, 0.2) is 0 Å². The first-order chi connectivity index (χ1) is 12.0. The molecule has 0 atom stereocenters. The molecule has 140 valence electrons. The van der Waals surface area contributed by atoms with Crippen LogP contribution in [0.2, 0.25) is 10.0 Å². The number of aryl methyl sites for hydroxylation is 1. The van der Waals surface area contributed by atoms with Crippen LogP contribution < -0.4 is 0 Å². The lowest BCUT2D eigenvalue weighted by molar-refractivity contribution is -0.137. The van der Waals surface area contributed by atoms with E-state index in [4.69, 9.17) is 33.4 Å². The molecule has 0 aromatic heterocycles. The summed E-state index contributed by atoms with van der Waals surface area (Å²) in [7, 11) is 0. The molecular weight excluding hydrogens is 511 g/mol. The lowest BCUT2D eigenvalue weighted by atomic mass is 10.1. The fraction of sp³-hybridized carbons (Fsp3) is 0.222. The molecule has 0 saturated carbocycles. The molecule has 0 spiro atoms. The van der Waals surface area contributed by atoms with Crippen molar-refractivity contribution in [3.8, 4) is 0 Å². The zero-order chi connectivity index (χ0) is 20.0. The van der Waals surface area contributed by atoms with Crippen molar-refractivity contribution in [3.63, 3.8) is 0 Å². The molecule has 0 saturated heterocycles. The predicted octanol–water partition coefficient (Wildman–Crippen LogP) is 6.08. The summed E-state index contributed by atoms with van der Waals surface area (Å²) in [5, 5.41) is 18.3. The number of rotatable bonds is 4. The number of hydrogen-bond acceptors (Lipinski definition) is 2. The van der Waals surface area contributed by atoms with E-state index in [1.165, 1.54) is 0 Å². The molecule has 26 heavy (non-hydrogen) atoms. The molecule has 0 aliphatic heterocycles. The van der Waals surface area contributed by atoms with Crippen molar-refractivity contribution in [2.45, 2.75) is 26.7 Å². The average Bonchev–Trinajstić information content (AvgIpc) is 2.56. The van der Waals surface area contributed by atoms with E-state index in [1.54, 1.807) is 6.07 Å². The largest absolute Gasteiger partial charge is 0.481 e. The number of halogens is 4. The van der Waals surface area contributed by atoms with Gasteiger partial charge in [0.2, 0.25) is 0 Å². The molecule has 2 N–H and O–H groups in total. The van der Waals surface area contributed by atoms with Crippen molar-refractivity contribution >= 4 is 67.0 Å². The summed E-state index contributed by atoms with van der Waals surface area (Å²) >= 11 is 18.4. The van der Waals surface area contributed by atoms with Crippen LogP contribution in [-0.4, -0.2) is 22.2 Å². The Morgan fingerprint density at radius 3 is 1.92 bits per heavy atom. The van der Waals surface area contributed by atoms with Gasteiger partial charge in [-0.15, -0.1) is 0 Å². The fourth-order valence-corrected chi connectivity index (χ4v) is 3.41. The summed E-state index contributed by atoms with van der Waals surface area (Å²) < 4.78 is 1.61. The summed E-state index contributed by atoms with van der Waals surface area (Å²) in [4.78, 5) is 21.0. The first-order valence-corrected chi connectivity index (χ1v) is 9.69. The third-order valence-corrected chi connectivity index (χ3v) is 6.10. The van der Waals surface area contributed by atoms with E-state index in [0.29, 0.717) is 21.2 Å². The molecule has 2 aromatic carbocycles. The fourth-order valence-electron chi connectivity index (χ4n) is 2.12. The average molecular weight is 527 g/mol. The van der Waals surface area contributed by atoms with Crippen molar-refractivity contribution in [1.82, 2.24) is 0 Å². The summed E-state index contributed by atoms with van der Waals surface area (Å²) in [5.74, 6) is -1.74. The minimum Gasteiger partial charge on any atom is -0.481 e. The van der Waals surface area contributed by atoms with Gasteiger partial charge in [0.1, 0.15) is 0 Å². The Balaban J connectivity index is 0.000000260. The highest BCUT2D eigenvalue weighted by Gasteiger charge is 2.11. The Bertz CT molecular complexity index is 769. The zero-order valence-electron chi connectivity index (χ0n) is 13.9. The highest BCUT2D eigenvalue weighted by Crippen LogP contribution is 2.29. The van der Waals surface area contributed by atoms with Crippen LogP contribution in [0, 0.1) is 13.8 Å². The van der Waals surface area contributed by atoms with Gasteiger partial charge in [-0.25, -0.2) is 0 Å². The Morgan fingerprint density at radius 2 is 1.38 bits per heavy atom. The van der Waals surface area contributed by atoms with Crippen LogP contribution in [0.4, 0.5) is 0 Å². The second-order valence-electron chi connectivity index (χ2n) is 5.43. The van der Waals surface area contributed by atoms with Gasteiger partial charge in [-0.05, 0) is 70.2 Å². The topological polar surface area (TPSA) is 74.6 Å². The Labute approximate surface area is 178 Å². The van der Waals surface area contributed by atoms with Crippen LogP contribution in [0.3, 0.4) is 0 Å². The van der Waals surface area contributed by atoms with E-state index in [0.717, 1.165) is 20.1 Å². The van der Waals surface area contributed by atoms with Crippen LogP contribution >= 0.6 is 55.1 Å². The summed E-state index contributed by atoms with van der Waals surface area (Å²) in [5.41, 5.74) is 3.12. The van der Waals surface area contributed by atoms with E-state index in [9.17, 15) is 9.59 Å². The number of benzene rings is 2. The summed E-state index contributed by atoms with van der Waals surface area (Å²) in [6, 6.07) is 7.15. The van der Waals surface area contributed by atoms with Crippen LogP contribution in [0.1, 0.15) is 22.3 Å². The van der Waals surface area contributed by atoms with Gasteiger partial charge in [-0.2, -0.15) is 0 Å². The molecule has 0 aliphatic rings. The predicted molar refractivity (Wildman–Crippen MR) is 110 cm³/mol. The lowest BCUT2D eigenvalue weighted by Gasteiger charge is -2.07. The van der Waals surface area contributed by atoms with E-state index in [-0.39, 0.29) is 12.8 Å². The van der Waals surface area contributed by atoms with Crippen molar-refractivity contribution in [2.75, 3.05) is 0 Å². The molecule has 8 heteroatoms. The van der Waals surface area contributed by atoms with E-state index >= 15 is 0 Å². The van der Waals surface area contributed by atoms with Crippen LogP contribution in [0.5, 0.6) is 0 Å². The second kappa shape index (κ2) is 10.3. The molecule has 2 aromatic rings. The Hall–Kier alpha value is -1.08. The van der Waals surface area contributed by atoms with Gasteiger partial charge in [-0.1, -0.05) is 45.2 Å². The molecule has 0 radical (unpaired) electrons. The second-order valence-corrected chi connectivity index (χ2v) is 7.92. The normalized spacial score (nSPS) is 10.1. The minimum absolute atomic E-state index is 0.0376. The van der Waals surface area contributed by atoms with Gasteiger partial charge >= 0.3 is 11.9 Å². The first-order valence-electron chi connectivity index (χ1n) is 7.35. The monoisotopic (exact) mass is 524 g/mol. The molecule has 0 fully saturated rings. The molecular formula is C18H16Br2Cl2O4. The van der Waals surface area contributed by atoms with Crippen molar-refractivity contribution in [1.29, 1.82) is 0 Å². The summed E-state index contributed by atoms with van der Waals surface area (Å²) in [6.07, 6.45) is -0.0752. The zero-order valence-corrected chi connectivity index (χ0v) is 18.6. The molecule has 0 bridgehead atoms. The highest BCUT2D eigenvalue weighted by atomic mass is 79.9. The van der Waals surface area contributed by atoms with Gasteiger partial charge < -0.3 is 10.2 Å². The Kier molecular flexibility index (Phi) is 9.10. The van der Waals surface area contributed by atoms with Gasteiger partial charge in [0.25, 0.3) is 0 Å². The molecule has 0 aliphatic carbocycles. The Morgan fingerprint density at radius 1 is 0.885 bits per heavy atom. The van der Waals surface area contributed by atoms with Gasteiger partial charge in [-0.3, -0.25) is 9.59 Å². The molecule has 2 rings (SSSR count). The standard InChI is InChI=1S/2C9H8BrClO2/c1-5-6(4-9(12)13)8(11)3-2-7(5)10;1-5-2-3-7(10)9(11)6(5)4-8(12)13/h2*2-3H,4H2,1H3,(H,12,13). The van der Waals surface area contributed by atoms with Crippen molar-refractivity contribution < 1.29 is 19.8 Å². The molecule has 0 unspecified atom stereocenters. The van der Waals surface area contributed by atoms with Crippen LogP contribution in [-0.2, 0) is 22.4 Å². The minimum atomic E-state index is -0.872. The SMILES string of the molecule is Cc1c(Br)ccc(Cl)c1CC(=O)O.Cc1ccc(Br)c(Cl)c1CC(=O)O. The molecule has 4 nitrogen and oxygen atoms in total. The number of carboxylic acids is 2. The maximum Gasteiger partial charge on any atom is 0.307 e. The van der Waals surface area contributed by atoms with E-state index < -0.39 is 11.9 Å². The molecule has 0 amide bonds. The van der Waals surface area contributed by atoms with E-state index in [1.807, 2.05) is 32.0 Å². The van der Waals surface area contributed by atoms with Gasteiger partial charge in [0.05, 0.1) is 17.9 Å². The van der Waals surface area contributed by atoms with Crippen molar-refractivity contribution in [3.05, 3.63) is 65.5 Å². The lowest BCUT2D eigenvalue weighted by Crippen LogP contribution is -2.03. The molecule has 0 heterocycles. The number of aliphatic carboxylic acids is 2. The van der Waals surface area contributed by atoms with Crippen LogP contribution in [0.25, 0.3) is 0 Å². The maximum atomic E-state index is 10.5. The van der Waals surface area contributed by atoms with Crippen molar-refractivity contribution in [2.24, 2.45) is 0 Å². The number of carbonyl (C=O) groups is 2. The first kappa shape index (κ1) is 23.0. The smallest absolute Gasteiger partial charge is 0.307 e. The third-order valence-electron chi connectivity index (χ3n) is 3.56. The number of carboxylic acid groups (broad SMARTS) is 2. The maximum absolute atomic E-state index is 10.5. The third kappa shape index (κ3) is 6.58.